The molecule has 0 spiro atoms. The summed E-state index contributed by atoms with van der Waals surface area (Å²) in [5.41, 5.74) is 2.87. The van der Waals surface area contributed by atoms with Crippen LogP contribution in [0.15, 0.2) is 66.7 Å². The zero-order chi connectivity index (χ0) is 27.5. The molecule has 0 heterocycles. The van der Waals surface area contributed by atoms with Crippen LogP contribution in [0.25, 0.3) is 0 Å². The van der Waals surface area contributed by atoms with E-state index in [9.17, 15) is 23.5 Å². The summed E-state index contributed by atoms with van der Waals surface area (Å²) in [6.45, 7) is 2.34. The van der Waals surface area contributed by atoms with E-state index < -0.39 is 35.6 Å². The molecule has 2 atom stereocenters. The lowest BCUT2D eigenvalue weighted by Crippen LogP contribution is -2.51. The van der Waals surface area contributed by atoms with Gasteiger partial charge in [-0.05, 0) is 65.9 Å². The fraction of sp³-hybridized carbons (Fsp3) is 0.310. The molecule has 4 N–H and O–H groups in total. The van der Waals surface area contributed by atoms with E-state index in [2.05, 4.69) is 28.9 Å². The minimum Gasteiger partial charge on any atom is -0.497 e. The molecular weight excluding hydrogens is 492 g/mol. The molecule has 0 unspecified atom stereocenters. The highest BCUT2D eigenvalue weighted by atomic mass is 19.1. The van der Waals surface area contributed by atoms with Crippen molar-refractivity contribution >= 4 is 11.8 Å². The Labute approximate surface area is 221 Å². The third kappa shape index (κ3) is 8.93. The number of carbonyl (C=O) groups excluding carboxylic acids is 2. The molecule has 2 amide bonds. The fourth-order valence-electron chi connectivity index (χ4n) is 4.00. The average Bonchev–Trinajstić information content (AvgIpc) is 2.91. The molecule has 3 aromatic carbocycles. The summed E-state index contributed by atoms with van der Waals surface area (Å²) in [6.07, 6.45) is -0.179. The quantitative estimate of drug-likeness (QED) is 0.275. The van der Waals surface area contributed by atoms with Crippen molar-refractivity contribution in [2.75, 3.05) is 20.2 Å². The van der Waals surface area contributed by atoms with Gasteiger partial charge in [0.25, 0.3) is 5.91 Å². The summed E-state index contributed by atoms with van der Waals surface area (Å²) in [7, 11) is 1.52. The van der Waals surface area contributed by atoms with E-state index in [0.717, 1.165) is 30.2 Å². The van der Waals surface area contributed by atoms with E-state index in [-0.39, 0.29) is 25.1 Å². The van der Waals surface area contributed by atoms with Gasteiger partial charge in [0.15, 0.2) is 0 Å². The second kappa shape index (κ2) is 14.2. The maximum absolute atomic E-state index is 13.8. The van der Waals surface area contributed by atoms with Gasteiger partial charge in [0, 0.05) is 24.7 Å². The third-order valence-corrected chi connectivity index (χ3v) is 6.03. The molecule has 0 aliphatic rings. The van der Waals surface area contributed by atoms with E-state index in [1.807, 2.05) is 18.2 Å². The summed E-state index contributed by atoms with van der Waals surface area (Å²) in [4.78, 5) is 25.0. The normalized spacial score (nSPS) is 12.4. The second-order valence-electron chi connectivity index (χ2n) is 8.94. The first-order valence-corrected chi connectivity index (χ1v) is 12.4. The lowest BCUT2D eigenvalue weighted by atomic mass is 10.0. The van der Waals surface area contributed by atoms with E-state index in [1.165, 1.54) is 12.7 Å². The monoisotopic (exact) mass is 525 g/mol. The van der Waals surface area contributed by atoms with Gasteiger partial charge < -0.3 is 25.8 Å². The van der Waals surface area contributed by atoms with Crippen molar-refractivity contribution in [2.45, 2.75) is 38.5 Å². The predicted molar refractivity (Wildman–Crippen MR) is 141 cm³/mol. The van der Waals surface area contributed by atoms with Crippen LogP contribution in [-0.4, -0.2) is 49.3 Å². The molecule has 0 aromatic heterocycles. The smallest absolute Gasteiger partial charge is 0.251 e. The third-order valence-electron chi connectivity index (χ3n) is 6.03. The first kappa shape index (κ1) is 28.7. The number of methoxy groups -OCH3 is 1. The summed E-state index contributed by atoms with van der Waals surface area (Å²) >= 11 is 0. The molecule has 3 rings (SSSR count). The SMILES string of the molecule is CCc1cccc(CNC[C@@H](O)[C@H](Cc2cc(F)cc(F)c2)NC(=O)CNC(=O)c2ccc(OC)cc2)c1. The number of amides is 2. The average molecular weight is 526 g/mol. The van der Waals surface area contributed by atoms with Crippen LogP contribution in [0.1, 0.15) is 34.0 Å². The van der Waals surface area contributed by atoms with Crippen molar-refractivity contribution in [3.63, 3.8) is 0 Å². The number of nitrogens with one attached hydrogen (secondary N) is 3. The number of benzene rings is 3. The van der Waals surface area contributed by atoms with Crippen molar-refractivity contribution in [1.29, 1.82) is 0 Å². The Kier molecular flexibility index (Phi) is 10.7. The molecule has 9 heteroatoms. The van der Waals surface area contributed by atoms with Gasteiger partial charge >= 0.3 is 0 Å². The van der Waals surface area contributed by atoms with Crippen LogP contribution in [0.4, 0.5) is 8.78 Å². The zero-order valence-electron chi connectivity index (χ0n) is 21.5. The Hall–Kier alpha value is -3.82. The van der Waals surface area contributed by atoms with Crippen LogP contribution in [0.5, 0.6) is 5.75 Å². The number of ether oxygens (including phenoxy) is 1. The van der Waals surface area contributed by atoms with Gasteiger partial charge in [0.1, 0.15) is 17.4 Å². The van der Waals surface area contributed by atoms with Crippen LogP contribution in [-0.2, 0) is 24.2 Å². The van der Waals surface area contributed by atoms with E-state index in [0.29, 0.717) is 17.9 Å². The van der Waals surface area contributed by atoms with Gasteiger partial charge in [-0.25, -0.2) is 8.78 Å². The minimum atomic E-state index is -1.07. The molecule has 0 bridgehead atoms. The summed E-state index contributed by atoms with van der Waals surface area (Å²) in [5.74, 6) is -1.91. The topological polar surface area (TPSA) is 99.7 Å². The van der Waals surface area contributed by atoms with E-state index >= 15 is 0 Å². The highest BCUT2D eigenvalue weighted by molar-refractivity contribution is 5.96. The summed E-state index contributed by atoms with van der Waals surface area (Å²) in [5, 5.41) is 19.3. The van der Waals surface area contributed by atoms with E-state index in [4.69, 9.17) is 4.74 Å². The standard InChI is InChI=1S/C29H33F2N3O4/c1-3-19-5-4-6-20(11-19)16-32-17-27(35)26(14-21-12-23(30)15-24(31)13-21)34-28(36)18-33-29(37)22-7-9-25(38-2)10-8-22/h4-13,15,26-27,32,35H,3,14,16-18H2,1-2H3,(H,33,37)(H,34,36)/t26-,27+/m0/s1. The van der Waals surface area contributed by atoms with Crippen LogP contribution in [0.3, 0.4) is 0 Å². The summed E-state index contributed by atoms with van der Waals surface area (Å²) in [6, 6.07) is 16.6. The maximum Gasteiger partial charge on any atom is 0.251 e. The second-order valence-corrected chi connectivity index (χ2v) is 8.94. The van der Waals surface area contributed by atoms with Crippen molar-refractivity contribution in [2.24, 2.45) is 0 Å². The molecule has 3 aromatic rings. The Balaban J connectivity index is 1.61. The Morgan fingerprint density at radius 1 is 0.947 bits per heavy atom. The number of carbonyl (C=O) groups is 2. The van der Waals surface area contributed by atoms with Crippen molar-refractivity contribution in [3.05, 3.63) is 101 Å². The maximum atomic E-state index is 13.8. The number of halogens is 2. The van der Waals surface area contributed by atoms with Gasteiger partial charge in [0.05, 0.1) is 25.8 Å². The Bertz CT molecular complexity index is 1200. The van der Waals surface area contributed by atoms with Crippen LogP contribution >= 0.6 is 0 Å². The highest BCUT2D eigenvalue weighted by Gasteiger charge is 2.23. The minimum absolute atomic E-state index is 0.0129. The summed E-state index contributed by atoms with van der Waals surface area (Å²) < 4.78 is 32.6. The first-order valence-electron chi connectivity index (χ1n) is 12.4. The zero-order valence-corrected chi connectivity index (χ0v) is 21.5. The van der Waals surface area contributed by atoms with Crippen molar-refractivity contribution in [3.8, 4) is 5.75 Å². The van der Waals surface area contributed by atoms with Gasteiger partial charge in [-0.3, -0.25) is 9.59 Å². The fourth-order valence-corrected chi connectivity index (χ4v) is 4.00. The largest absolute Gasteiger partial charge is 0.497 e. The molecule has 0 fully saturated rings. The highest BCUT2D eigenvalue weighted by Crippen LogP contribution is 2.13. The van der Waals surface area contributed by atoms with Gasteiger partial charge in [-0.1, -0.05) is 31.2 Å². The molecular formula is C29H33F2N3O4. The predicted octanol–water partition coefficient (Wildman–Crippen LogP) is 3.14. The number of hydrogen-bond donors (Lipinski definition) is 4. The molecule has 0 saturated heterocycles. The Morgan fingerprint density at radius 2 is 1.63 bits per heavy atom. The molecule has 0 saturated carbocycles. The van der Waals surface area contributed by atoms with Gasteiger partial charge in [-0.15, -0.1) is 0 Å². The molecule has 0 aliphatic heterocycles. The van der Waals surface area contributed by atoms with Crippen LogP contribution in [0.2, 0.25) is 0 Å². The first-order chi connectivity index (χ1) is 18.3. The number of hydrogen-bond acceptors (Lipinski definition) is 5. The molecule has 0 radical (unpaired) electrons. The van der Waals surface area contributed by atoms with E-state index in [1.54, 1.807) is 24.3 Å². The Morgan fingerprint density at radius 3 is 2.29 bits per heavy atom. The van der Waals surface area contributed by atoms with Crippen molar-refractivity contribution in [1.82, 2.24) is 16.0 Å². The number of aliphatic hydroxyl groups is 1. The van der Waals surface area contributed by atoms with Crippen LogP contribution in [0, 0.1) is 11.6 Å². The molecule has 202 valence electrons. The molecule has 7 nitrogen and oxygen atoms in total. The lowest BCUT2D eigenvalue weighted by Gasteiger charge is -2.25. The van der Waals surface area contributed by atoms with Crippen LogP contribution < -0.4 is 20.7 Å². The van der Waals surface area contributed by atoms with Gasteiger partial charge in [-0.2, -0.15) is 0 Å². The number of rotatable bonds is 13. The number of aryl methyl sites for hydroxylation is 1. The molecule has 0 aliphatic carbocycles. The van der Waals surface area contributed by atoms with Crippen molar-refractivity contribution < 1.29 is 28.2 Å². The number of aliphatic hydroxyl groups excluding tert-OH is 1. The van der Waals surface area contributed by atoms with Gasteiger partial charge in [0.2, 0.25) is 5.91 Å². The molecule has 38 heavy (non-hydrogen) atoms. The lowest BCUT2D eigenvalue weighted by molar-refractivity contribution is -0.121.